The van der Waals surface area contributed by atoms with E-state index in [1.165, 1.54) is 0 Å². The van der Waals surface area contributed by atoms with E-state index in [0.29, 0.717) is 11.3 Å². The lowest BCUT2D eigenvalue weighted by molar-refractivity contribution is 0.0633. The van der Waals surface area contributed by atoms with E-state index >= 15 is 0 Å². The Kier molecular flexibility index (Phi) is 3.64. The van der Waals surface area contributed by atoms with E-state index in [1.807, 2.05) is 12.1 Å². The van der Waals surface area contributed by atoms with Gasteiger partial charge in [0.1, 0.15) is 5.76 Å². The van der Waals surface area contributed by atoms with Crippen molar-refractivity contribution >= 4 is 6.09 Å². The summed E-state index contributed by atoms with van der Waals surface area (Å²) in [6.45, 7) is -0.329. The lowest BCUT2D eigenvalue weighted by Gasteiger charge is -2.14. The van der Waals surface area contributed by atoms with Crippen LogP contribution in [0.1, 0.15) is 11.7 Å². The number of hydrogen-bond donors (Lipinski definition) is 2. The molecule has 0 aliphatic heterocycles. The maximum absolute atomic E-state index is 10.7. The summed E-state index contributed by atoms with van der Waals surface area (Å²) < 4.78 is 10.1. The monoisotopic (exact) mass is 247 g/mol. The van der Waals surface area contributed by atoms with Gasteiger partial charge in [0.25, 0.3) is 0 Å². The van der Waals surface area contributed by atoms with Crippen LogP contribution in [-0.2, 0) is 4.74 Å². The Morgan fingerprint density at radius 1 is 1.39 bits per heavy atom. The number of amides is 1. The minimum Gasteiger partial charge on any atom is -0.464 e. The van der Waals surface area contributed by atoms with E-state index in [0.717, 1.165) is 5.56 Å². The first-order chi connectivity index (χ1) is 8.70. The molecule has 5 heteroatoms. The van der Waals surface area contributed by atoms with Gasteiger partial charge in [-0.15, -0.1) is 0 Å². The summed E-state index contributed by atoms with van der Waals surface area (Å²) in [7, 11) is 0. The molecule has 0 fully saturated rings. The van der Waals surface area contributed by atoms with Crippen LogP contribution < -0.4 is 5.73 Å². The second kappa shape index (κ2) is 5.37. The van der Waals surface area contributed by atoms with Crippen molar-refractivity contribution in [3.63, 3.8) is 0 Å². The van der Waals surface area contributed by atoms with E-state index < -0.39 is 12.2 Å². The van der Waals surface area contributed by atoms with Crippen molar-refractivity contribution < 1.29 is 19.1 Å². The fourth-order valence-corrected chi connectivity index (χ4v) is 1.69. The Labute approximate surface area is 104 Å². The molecule has 0 aliphatic carbocycles. The van der Waals surface area contributed by atoms with Crippen molar-refractivity contribution in [2.75, 3.05) is 6.61 Å². The molecule has 0 aliphatic rings. The third kappa shape index (κ3) is 2.70. The number of carbonyl (C=O) groups excluding carboxylic acids is 1. The number of rotatable bonds is 4. The Balaban J connectivity index is 2.28. The average molecular weight is 247 g/mol. The lowest BCUT2D eigenvalue weighted by atomic mass is 10.0. The summed E-state index contributed by atoms with van der Waals surface area (Å²) >= 11 is 0. The molecule has 5 nitrogen and oxygen atoms in total. The second-order valence-electron chi connectivity index (χ2n) is 3.71. The van der Waals surface area contributed by atoms with Gasteiger partial charge >= 0.3 is 6.09 Å². The smallest absolute Gasteiger partial charge is 0.405 e. The fourth-order valence-electron chi connectivity index (χ4n) is 1.69. The molecule has 0 radical (unpaired) electrons. The fraction of sp³-hybridized carbons (Fsp3) is 0.154. The van der Waals surface area contributed by atoms with Crippen LogP contribution >= 0.6 is 0 Å². The summed E-state index contributed by atoms with van der Waals surface area (Å²) in [4.78, 5) is 10.7. The van der Waals surface area contributed by atoms with Gasteiger partial charge in [0.2, 0.25) is 0 Å². The van der Waals surface area contributed by atoms with Gasteiger partial charge in [0, 0.05) is 5.56 Å². The normalized spacial score (nSPS) is 12.1. The molecule has 2 aromatic rings. The molecule has 1 aromatic heterocycles. The van der Waals surface area contributed by atoms with Crippen molar-refractivity contribution in [1.29, 1.82) is 0 Å². The highest BCUT2D eigenvalue weighted by Gasteiger charge is 2.15. The zero-order valence-electron chi connectivity index (χ0n) is 9.58. The number of hydrogen-bond acceptors (Lipinski definition) is 4. The van der Waals surface area contributed by atoms with Gasteiger partial charge in [0.05, 0.1) is 12.9 Å². The number of aliphatic hydroxyl groups excluding tert-OH is 1. The molecule has 94 valence electrons. The standard InChI is InChI=1S/C13H13NO4/c14-13(16)18-12(8-15)10-4-1-3-9(7-10)11-5-2-6-17-11/h1-7,12,15H,8H2,(H2,14,16)/t12-/m1/s1. The molecule has 0 bridgehead atoms. The van der Waals surface area contributed by atoms with Crippen molar-refractivity contribution in [3.05, 3.63) is 48.2 Å². The zero-order valence-corrected chi connectivity index (χ0v) is 9.58. The van der Waals surface area contributed by atoms with Crippen LogP contribution in [0.5, 0.6) is 0 Å². The van der Waals surface area contributed by atoms with Crippen LogP contribution in [0.2, 0.25) is 0 Å². The molecule has 0 unspecified atom stereocenters. The number of benzene rings is 1. The summed E-state index contributed by atoms with van der Waals surface area (Å²) in [5.74, 6) is 0.701. The average Bonchev–Trinajstić information content (AvgIpc) is 2.89. The number of aliphatic hydroxyl groups is 1. The largest absolute Gasteiger partial charge is 0.464 e. The quantitative estimate of drug-likeness (QED) is 0.866. The molecule has 2 rings (SSSR count). The third-order valence-electron chi connectivity index (χ3n) is 2.49. The van der Waals surface area contributed by atoms with E-state index in [2.05, 4.69) is 0 Å². The van der Waals surface area contributed by atoms with E-state index in [1.54, 1.807) is 30.5 Å². The minimum atomic E-state index is -0.919. The first kappa shape index (κ1) is 12.2. The molecule has 3 N–H and O–H groups in total. The summed E-state index contributed by atoms with van der Waals surface area (Å²) in [5.41, 5.74) is 6.44. The molecule has 1 amide bonds. The van der Waals surface area contributed by atoms with Gasteiger partial charge < -0.3 is 20.0 Å². The molecule has 1 aromatic carbocycles. The maximum atomic E-state index is 10.7. The van der Waals surface area contributed by atoms with E-state index in [-0.39, 0.29) is 6.61 Å². The highest BCUT2D eigenvalue weighted by molar-refractivity contribution is 5.65. The molecule has 0 saturated heterocycles. The predicted octanol–water partition coefficient (Wildman–Crippen LogP) is 2.08. The molecular formula is C13H13NO4. The van der Waals surface area contributed by atoms with Crippen molar-refractivity contribution in [3.8, 4) is 11.3 Å². The molecule has 1 heterocycles. The zero-order chi connectivity index (χ0) is 13.0. The van der Waals surface area contributed by atoms with Crippen LogP contribution in [-0.4, -0.2) is 17.8 Å². The Bertz CT molecular complexity index is 522. The Morgan fingerprint density at radius 2 is 2.22 bits per heavy atom. The van der Waals surface area contributed by atoms with Gasteiger partial charge in [-0.25, -0.2) is 4.79 Å². The van der Waals surface area contributed by atoms with Gasteiger partial charge in [-0.05, 0) is 23.8 Å². The maximum Gasteiger partial charge on any atom is 0.405 e. The first-order valence-electron chi connectivity index (χ1n) is 5.41. The van der Waals surface area contributed by atoms with E-state index in [9.17, 15) is 9.90 Å². The number of primary amides is 1. The van der Waals surface area contributed by atoms with Gasteiger partial charge in [-0.1, -0.05) is 18.2 Å². The highest BCUT2D eigenvalue weighted by Crippen LogP contribution is 2.25. The predicted molar refractivity (Wildman–Crippen MR) is 64.6 cm³/mol. The van der Waals surface area contributed by atoms with Crippen LogP contribution in [0.15, 0.2) is 47.1 Å². The molecule has 0 saturated carbocycles. The number of nitrogens with two attached hydrogens (primary N) is 1. The minimum absolute atomic E-state index is 0.329. The second-order valence-corrected chi connectivity index (χ2v) is 3.71. The summed E-state index contributed by atoms with van der Waals surface area (Å²) in [6.07, 6.45) is -0.110. The molecular weight excluding hydrogens is 234 g/mol. The lowest BCUT2D eigenvalue weighted by Crippen LogP contribution is -2.19. The van der Waals surface area contributed by atoms with Crippen LogP contribution in [0.25, 0.3) is 11.3 Å². The number of carbonyl (C=O) groups is 1. The van der Waals surface area contributed by atoms with Crippen molar-refractivity contribution in [2.45, 2.75) is 6.10 Å². The number of furan rings is 1. The molecule has 18 heavy (non-hydrogen) atoms. The highest BCUT2D eigenvalue weighted by atomic mass is 16.6. The van der Waals surface area contributed by atoms with Crippen LogP contribution in [0, 0.1) is 0 Å². The van der Waals surface area contributed by atoms with Gasteiger partial charge in [0.15, 0.2) is 6.10 Å². The van der Waals surface area contributed by atoms with Gasteiger partial charge in [-0.3, -0.25) is 0 Å². The molecule has 1 atom stereocenters. The van der Waals surface area contributed by atoms with Crippen molar-refractivity contribution in [2.24, 2.45) is 5.73 Å². The van der Waals surface area contributed by atoms with Crippen molar-refractivity contribution in [1.82, 2.24) is 0 Å². The number of ether oxygens (including phenoxy) is 1. The summed E-state index contributed by atoms with van der Waals surface area (Å²) in [5, 5.41) is 9.19. The SMILES string of the molecule is NC(=O)O[C@H](CO)c1cccc(-c2ccco2)c1. The molecule has 0 spiro atoms. The van der Waals surface area contributed by atoms with Crippen LogP contribution in [0.4, 0.5) is 4.79 Å². The third-order valence-corrected chi connectivity index (χ3v) is 2.49. The summed E-state index contributed by atoms with van der Waals surface area (Å²) in [6, 6.07) is 10.8. The van der Waals surface area contributed by atoms with Crippen LogP contribution in [0.3, 0.4) is 0 Å². The first-order valence-corrected chi connectivity index (χ1v) is 5.41. The van der Waals surface area contributed by atoms with Gasteiger partial charge in [-0.2, -0.15) is 0 Å². The Hall–Kier alpha value is -2.27. The topological polar surface area (TPSA) is 85.7 Å². The Morgan fingerprint density at radius 3 is 2.83 bits per heavy atom. The van der Waals surface area contributed by atoms with E-state index in [4.69, 9.17) is 14.9 Å².